The lowest BCUT2D eigenvalue weighted by Crippen LogP contribution is -2.14. The van der Waals surface area contributed by atoms with Crippen molar-refractivity contribution in [1.82, 2.24) is 0 Å². The van der Waals surface area contributed by atoms with Crippen molar-refractivity contribution in [2.24, 2.45) is 0 Å². The molecule has 0 radical (unpaired) electrons. The average Bonchev–Trinajstić information content (AvgIpc) is 1.99. The van der Waals surface area contributed by atoms with E-state index in [4.69, 9.17) is 0 Å². The number of hydrogen-bond acceptors (Lipinski definition) is 4. The normalized spacial score (nSPS) is 9.17. The van der Waals surface area contributed by atoms with Crippen LogP contribution in [0.3, 0.4) is 0 Å². The smallest absolute Gasteiger partial charge is 0.313 e. The summed E-state index contributed by atoms with van der Waals surface area (Å²) in [6.45, 7) is 2.76. The lowest BCUT2D eigenvalue weighted by molar-refractivity contribution is -0.149. The Morgan fingerprint density at radius 3 is 2.25 bits per heavy atom. The molecule has 0 saturated heterocycles. The van der Waals surface area contributed by atoms with Gasteiger partial charge in [0.25, 0.3) is 0 Å². The standard InChI is InChI=1S/C8H12O4/c1-3-7(10)5-12-8(11)4-6(2)9/h3-5H2,1-2H3. The van der Waals surface area contributed by atoms with Crippen LogP contribution in [-0.4, -0.2) is 24.1 Å². The van der Waals surface area contributed by atoms with Crippen LogP contribution in [0, 0.1) is 0 Å². The molecule has 12 heavy (non-hydrogen) atoms. The molecule has 0 saturated carbocycles. The highest BCUT2D eigenvalue weighted by Gasteiger charge is 2.07. The topological polar surface area (TPSA) is 60.4 Å². The number of Topliss-reactive ketones (excluding diaryl/α,β-unsaturated/α-hetero) is 2. The van der Waals surface area contributed by atoms with E-state index in [0.29, 0.717) is 6.42 Å². The second kappa shape index (κ2) is 5.46. The molecule has 0 amide bonds. The van der Waals surface area contributed by atoms with Crippen molar-refractivity contribution >= 4 is 17.5 Å². The number of rotatable bonds is 5. The van der Waals surface area contributed by atoms with E-state index in [9.17, 15) is 14.4 Å². The van der Waals surface area contributed by atoms with Crippen molar-refractivity contribution < 1.29 is 19.1 Å². The van der Waals surface area contributed by atoms with E-state index in [1.165, 1.54) is 6.92 Å². The summed E-state index contributed by atoms with van der Waals surface area (Å²) in [7, 11) is 0. The third kappa shape index (κ3) is 5.58. The highest BCUT2D eigenvalue weighted by atomic mass is 16.5. The molecule has 0 rings (SSSR count). The monoisotopic (exact) mass is 172 g/mol. The van der Waals surface area contributed by atoms with E-state index >= 15 is 0 Å². The number of carbonyl (C=O) groups is 3. The number of ether oxygens (including phenoxy) is 1. The fraction of sp³-hybridized carbons (Fsp3) is 0.625. The van der Waals surface area contributed by atoms with Gasteiger partial charge in [0.2, 0.25) is 0 Å². The Bertz CT molecular complexity index is 195. The van der Waals surface area contributed by atoms with E-state index in [1.807, 2.05) is 0 Å². The summed E-state index contributed by atoms with van der Waals surface area (Å²) in [5, 5.41) is 0. The minimum Gasteiger partial charge on any atom is -0.457 e. The first-order chi connectivity index (χ1) is 5.56. The molecule has 0 aliphatic carbocycles. The fourth-order valence-corrected chi connectivity index (χ4v) is 0.517. The third-order valence-corrected chi connectivity index (χ3v) is 1.18. The van der Waals surface area contributed by atoms with Gasteiger partial charge in [-0.25, -0.2) is 0 Å². The maximum atomic E-state index is 10.7. The van der Waals surface area contributed by atoms with Gasteiger partial charge < -0.3 is 4.74 Å². The Balaban J connectivity index is 3.57. The van der Waals surface area contributed by atoms with Gasteiger partial charge in [-0.1, -0.05) is 6.92 Å². The van der Waals surface area contributed by atoms with Gasteiger partial charge in [0.15, 0.2) is 5.78 Å². The second-order valence-electron chi connectivity index (χ2n) is 2.43. The van der Waals surface area contributed by atoms with Gasteiger partial charge in [-0.05, 0) is 6.92 Å². The minimum atomic E-state index is -0.635. The summed E-state index contributed by atoms with van der Waals surface area (Å²) in [5.74, 6) is -1.04. The van der Waals surface area contributed by atoms with Gasteiger partial charge in [0.05, 0.1) is 0 Å². The Labute approximate surface area is 70.9 Å². The predicted octanol–water partition coefficient (Wildman–Crippen LogP) is 0.488. The van der Waals surface area contributed by atoms with Crippen molar-refractivity contribution in [1.29, 1.82) is 0 Å². The van der Waals surface area contributed by atoms with Gasteiger partial charge in [0, 0.05) is 6.42 Å². The highest BCUT2D eigenvalue weighted by Crippen LogP contribution is 1.89. The summed E-state index contributed by atoms with van der Waals surface area (Å²) in [6.07, 6.45) is 0.0876. The SMILES string of the molecule is CCC(=O)COC(=O)CC(C)=O. The number of carbonyl (C=O) groups excluding carboxylic acids is 3. The molecule has 0 aromatic heterocycles. The first-order valence-electron chi connectivity index (χ1n) is 3.73. The van der Waals surface area contributed by atoms with Crippen LogP contribution >= 0.6 is 0 Å². The lowest BCUT2D eigenvalue weighted by atomic mass is 10.3. The zero-order valence-corrected chi connectivity index (χ0v) is 7.25. The van der Waals surface area contributed by atoms with Gasteiger partial charge in [-0.15, -0.1) is 0 Å². The Morgan fingerprint density at radius 2 is 1.83 bits per heavy atom. The second-order valence-corrected chi connectivity index (χ2v) is 2.43. The maximum Gasteiger partial charge on any atom is 0.313 e. The molecule has 0 aliphatic heterocycles. The van der Waals surface area contributed by atoms with E-state index < -0.39 is 5.97 Å². The van der Waals surface area contributed by atoms with Crippen LogP contribution in [0.1, 0.15) is 26.7 Å². The molecule has 0 fully saturated rings. The Morgan fingerprint density at radius 1 is 1.25 bits per heavy atom. The van der Waals surface area contributed by atoms with Gasteiger partial charge in [0.1, 0.15) is 18.8 Å². The summed E-state index contributed by atoms with van der Waals surface area (Å²) in [4.78, 5) is 31.7. The van der Waals surface area contributed by atoms with Crippen molar-refractivity contribution in [3.8, 4) is 0 Å². The van der Waals surface area contributed by atoms with E-state index in [-0.39, 0.29) is 24.6 Å². The van der Waals surface area contributed by atoms with Crippen molar-refractivity contribution in [2.45, 2.75) is 26.7 Å². The van der Waals surface area contributed by atoms with Crippen LogP contribution < -0.4 is 0 Å². The van der Waals surface area contributed by atoms with E-state index in [2.05, 4.69) is 4.74 Å². The quantitative estimate of drug-likeness (QED) is 0.447. The van der Waals surface area contributed by atoms with Gasteiger partial charge >= 0.3 is 5.97 Å². The molecule has 4 heteroatoms. The molecule has 0 aliphatic rings. The molecule has 0 spiro atoms. The van der Waals surface area contributed by atoms with E-state index in [0.717, 1.165) is 0 Å². The molecular weight excluding hydrogens is 160 g/mol. The molecular formula is C8H12O4. The zero-order chi connectivity index (χ0) is 9.56. The molecule has 68 valence electrons. The minimum absolute atomic E-state index is 0.146. The van der Waals surface area contributed by atoms with Crippen LogP contribution in [0.15, 0.2) is 0 Å². The van der Waals surface area contributed by atoms with Crippen LogP contribution in [0.5, 0.6) is 0 Å². The Kier molecular flexibility index (Phi) is 4.92. The van der Waals surface area contributed by atoms with Crippen molar-refractivity contribution in [3.05, 3.63) is 0 Å². The van der Waals surface area contributed by atoms with Crippen LogP contribution in [0.25, 0.3) is 0 Å². The predicted molar refractivity (Wildman–Crippen MR) is 41.6 cm³/mol. The molecule has 0 bridgehead atoms. The van der Waals surface area contributed by atoms with Gasteiger partial charge in [-0.3, -0.25) is 14.4 Å². The zero-order valence-electron chi connectivity index (χ0n) is 7.25. The summed E-state index contributed by atoms with van der Waals surface area (Å²) < 4.78 is 4.50. The number of ketones is 2. The van der Waals surface area contributed by atoms with Crippen molar-refractivity contribution in [3.63, 3.8) is 0 Å². The first-order valence-corrected chi connectivity index (χ1v) is 3.73. The molecule has 0 aromatic carbocycles. The number of esters is 1. The molecule has 0 heterocycles. The first kappa shape index (κ1) is 10.8. The largest absolute Gasteiger partial charge is 0.457 e. The van der Waals surface area contributed by atoms with Crippen LogP contribution in [0.2, 0.25) is 0 Å². The van der Waals surface area contributed by atoms with E-state index in [1.54, 1.807) is 6.92 Å². The molecule has 4 nitrogen and oxygen atoms in total. The molecule has 0 aromatic rings. The highest BCUT2D eigenvalue weighted by molar-refractivity contribution is 5.94. The van der Waals surface area contributed by atoms with Gasteiger partial charge in [-0.2, -0.15) is 0 Å². The third-order valence-electron chi connectivity index (χ3n) is 1.18. The van der Waals surface area contributed by atoms with Crippen LogP contribution in [0.4, 0.5) is 0 Å². The average molecular weight is 172 g/mol. The Hall–Kier alpha value is -1.19. The van der Waals surface area contributed by atoms with Crippen LogP contribution in [-0.2, 0) is 19.1 Å². The summed E-state index contributed by atoms with van der Waals surface area (Å²) in [6, 6.07) is 0. The lowest BCUT2D eigenvalue weighted by Gasteiger charge is -2.00. The molecule has 0 N–H and O–H groups in total. The summed E-state index contributed by atoms with van der Waals surface area (Å²) >= 11 is 0. The van der Waals surface area contributed by atoms with Crippen molar-refractivity contribution in [2.75, 3.05) is 6.61 Å². The summed E-state index contributed by atoms with van der Waals surface area (Å²) in [5.41, 5.74) is 0. The molecule has 0 unspecified atom stereocenters. The maximum absolute atomic E-state index is 10.7. The number of hydrogen-bond donors (Lipinski definition) is 0. The fourth-order valence-electron chi connectivity index (χ4n) is 0.517. The molecule has 0 atom stereocenters.